The maximum Gasteiger partial charge on any atom is 0.252 e. The Kier molecular flexibility index (Phi) is 5.28. The van der Waals surface area contributed by atoms with E-state index in [1.54, 1.807) is 42.3 Å². The Bertz CT molecular complexity index is 759. The molecular formula is C19H22FN3O2. The zero-order chi connectivity index (χ0) is 17.8. The van der Waals surface area contributed by atoms with Crippen LogP contribution in [0.3, 0.4) is 0 Å². The minimum Gasteiger partial charge on any atom is -0.365 e. The molecule has 1 saturated heterocycles. The van der Waals surface area contributed by atoms with Crippen LogP contribution in [-0.2, 0) is 9.53 Å². The van der Waals surface area contributed by atoms with Crippen LogP contribution in [0.4, 0.5) is 4.39 Å². The van der Waals surface area contributed by atoms with Crippen LogP contribution in [0.25, 0.3) is 11.3 Å². The third-order valence-corrected chi connectivity index (χ3v) is 4.42. The Morgan fingerprint density at radius 2 is 2.36 bits per heavy atom. The number of aromatic amines is 1. The van der Waals surface area contributed by atoms with E-state index in [0.29, 0.717) is 30.2 Å². The van der Waals surface area contributed by atoms with Gasteiger partial charge in [0.2, 0.25) is 0 Å². The maximum absolute atomic E-state index is 14.0. The summed E-state index contributed by atoms with van der Waals surface area (Å²) < 4.78 is 19.4. The summed E-state index contributed by atoms with van der Waals surface area (Å²) in [6.07, 6.45) is 4.44. The van der Waals surface area contributed by atoms with Crippen molar-refractivity contribution < 1.29 is 13.9 Å². The van der Waals surface area contributed by atoms with E-state index in [2.05, 4.69) is 16.5 Å². The van der Waals surface area contributed by atoms with Gasteiger partial charge >= 0.3 is 0 Å². The van der Waals surface area contributed by atoms with Gasteiger partial charge in [-0.15, -0.1) is 6.58 Å². The normalized spacial score (nSPS) is 18.3. The monoisotopic (exact) mass is 343 g/mol. The lowest BCUT2D eigenvalue weighted by Crippen LogP contribution is -2.39. The van der Waals surface area contributed by atoms with E-state index in [0.717, 1.165) is 12.8 Å². The zero-order valence-electron chi connectivity index (χ0n) is 14.2. The smallest absolute Gasteiger partial charge is 0.252 e. The highest BCUT2D eigenvalue weighted by atomic mass is 19.1. The Morgan fingerprint density at radius 1 is 1.56 bits per heavy atom. The number of aromatic nitrogens is 2. The van der Waals surface area contributed by atoms with Crippen molar-refractivity contribution in [3.05, 3.63) is 54.8 Å². The summed E-state index contributed by atoms with van der Waals surface area (Å²) in [5, 5.41) is 0. The molecule has 0 radical (unpaired) electrons. The van der Waals surface area contributed by atoms with Crippen molar-refractivity contribution in [2.75, 3.05) is 13.2 Å². The number of hydrogen-bond acceptors (Lipinski definition) is 3. The van der Waals surface area contributed by atoms with Gasteiger partial charge in [-0.3, -0.25) is 4.79 Å². The molecule has 2 atom stereocenters. The van der Waals surface area contributed by atoms with Crippen molar-refractivity contribution in [3.8, 4) is 11.3 Å². The summed E-state index contributed by atoms with van der Waals surface area (Å²) >= 11 is 0. The van der Waals surface area contributed by atoms with E-state index in [4.69, 9.17) is 4.74 Å². The summed E-state index contributed by atoms with van der Waals surface area (Å²) in [5.74, 6) is 0.316. The molecule has 1 fully saturated rings. The minimum absolute atomic E-state index is 0.0619. The average Bonchev–Trinajstić information content (AvgIpc) is 3.28. The number of amides is 1. The van der Waals surface area contributed by atoms with Gasteiger partial charge in [0.15, 0.2) is 0 Å². The average molecular weight is 343 g/mol. The van der Waals surface area contributed by atoms with Crippen LogP contribution in [0.1, 0.15) is 31.6 Å². The van der Waals surface area contributed by atoms with Crippen molar-refractivity contribution in [1.82, 2.24) is 14.9 Å². The van der Waals surface area contributed by atoms with Crippen molar-refractivity contribution in [2.45, 2.75) is 31.9 Å². The summed E-state index contributed by atoms with van der Waals surface area (Å²) in [4.78, 5) is 22.0. The summed E-state index contributed by atoms with van der Waals surface area (Å²) in [5.41, 5.74) is 1.09. The molecule has 6 heteroatoms. The topological polar surface area (TPSA) is 58.2 Å². The maximum atomic E-state index is 14.0. The predicted octanol–water partition coefficient (Wildman–Crippen LogP) is 3.47. The van der Waals surface area contributed by atoms with Crippen LogP contribution >= 0.6 is 0 Å². The highest BCUT2D eigenvalue weighted by Gasteiger charge is 2.34. The fraction of sp³-hybridized carbons (Fsp3) is 0.368. The number of H-pyrrole nitrogens is 1. The van der Waals surface area contributed by atoms with Crippen LogP contribution in [-0.4, -0.2) is 40.0 Å². The molecule has 1 aliphatic heterocycles. The lowest BCUT2D eigenvalue weighted by Gasteiger charge is -2.26. The fourth-order valence-electron chi connectivity index (χ4n) is 3.15. The van der Waals surface area contributed by atoms with E-state index < -0.39 is 6.10 Å². The van der Waals surface area contributed by atoms with Crippen LogP contribution in [0.5, 0.6) is 0 Å². The third-order valence-electron chi connectivity index (χ3n) is 4.42. The van der Waals surface area contributed by atoms with Gasteiger partial charge in [0.25, 0.3) is 5.91 Å². The Labute approximate surface area is 146 Å². The number of imidazole rings is 1. The molecule has 132 valence electrons. The molecule has 0 aliphatic carbocycles. The molecule has 1 aromatic heterocycles. The molecule has 0 saturated carbocycles. The van der Waals surface area contributed by atoms with Crippen molar-refractivity contribution in [2.24, 2.45) is 0 Å². The standard InChI is InChI=1S/C19H22FN3O2/c1-3-11-25-13(2)19(24)23-10-6-9-17(23)18-21-12-16(22-18)14-7-4-5-8-15(14)20/h3-5,7-8,12-13,17H,1,6,9-11H2,2H3,(H,21,22)/t13-,17-/m0/s1. The molecule has 3 rings (SSSR count). The number of nitrogens with zero attached hydrogens (tertiary/aromatic N) is 2. The van der Waals surface area contributed by atoms with Gasteiger partial charge < -0.3 is 14.6 Å². The first-order valence-electron chi connectivity index (χ1n) is 8.44. The molecule has 0 unspecified atom stereocenters. The van der Waals surface area contributed by atoms with Crippen molar-refractivity contribution >= 4 is 5.91 Å². The molecule has 0 spiro atoms. The molecule has 1 aromatic carbocycles. The van der Waals surface area contributed by atoms with Crippen molar-refractivity contribution in [3.63, 3.8) is 0 Å². The zero-order valence-corrected chi connectivity index (χ0v) is 14.2. The highest BCUT2D eigenvalue weighted by molar-refractivity contribution is 5.81. The summed E-state index contributed by atoms with van der Waals surface area (Å²) in [6, 6.07) is 6.42. The molecule has 5 nitrogen and oxygen atoms in total. The number of carbonyl (C=O) groups is 1. The first kappa shape index (κ1) is 17.4. The predicted molar refractivity (Wildman–Crippen MR) is 93.3 cm³/mol. The molecule has 1 N–H and O–H groups in total. The minimum atomic E-state index is -0.528. The van der Waals surface area contributed by atoms with Gasteiger partial charge in [-0.25, -0.2) is 9.37 Å². The first-order chi connectivity index (χ1) is 12.1. The number of nitrogens with one attached hydrogen (secondary N) is 1. The highest BCUT2D eigenvalue weighted by Crippen LogP contribution is 2.32. The van der Waals surface area contributed by atoms with Gasteiger partial charge in [-0.2, -0.15) is 0 Å². The van der Waals surface area contributed by atoms with Gasteiger partial charge in [0, 0.05) is 12.1 Å². The molecule has 1 aliphatic rings. The number of rotatable bonds is 6. The number of halogens is 1. The fourth-order valence-corrected chi connectivity index (χ4v) is 3.15. The number of benzene rings is 1. The number of hydrogen-bond donors (Lipinski definition) is 1. The van der Waals surface area contributed by atoms with Crippen LogP contribution in [0, 0.1) is 5.82 Å². The molecule has 1 amide bonds. The molecular weight excluding hydrogens is 321 g/mol. The Balaban J connectivity index is 1.78. The van der Waals surface area contributed by atoms with Gasteiger partial charge in [-0.05, 0) is 31.9 Å². The van der Waals surface area contributed by atoms with Gasteiger partial charge in [0.05, 0.1) is 24.5 Å². The van der Waals surface area contributed by atoms with E-state index in [1.165, 1.54) is 6.07 Å². The first-order valence-corrected chi connectivity index (χ1v) is 8.44. The molecule has 0 bridgehead atoms. The van der Waals surface area contributed by atoms with Crippen molar-refractivity contribution in [1.29, 1.82) is 0 Å². The lowest BCUT2D eigenvalue weighted by atomic mass is 10.1. The number of carbonyl (C=O) groups excluding carboxylic acids is 1. The lowest BCUT2D eigenvalue weighted by molar-refractivity contribution is -0.143. The largest absolute Gasteiger partial charge is 0.365 e. The van der Waals surface area contributed by atoms with Gasteiger partial charge in [-0.1, -0.05) is 18.2 Å². The van der Waals surface area contributed by atoms with Crippen LogP contribution in [0.15, 0.2) is 43.1 Å². The summed E-state index contributed by atoms with van der Waals surface area (Å²) in [7, 11) is 0. The summed E-state index contributed by atoms with van der Waals surface area (Å²) in [6.45, 7) is 6.34. The van der Waals surface area contributed by atoms with E-state index in [-0.39, 0.29) is 17.8 Å². The van der Waals surface area contributed by atoms with E-state index in [9.17, 15) is 9.18 Å². The van der Waals surface area contributed by atoms with Gasteiger partial charge in [0.1, 0.15) is 17.7 Å². The van der Waals surface area contributed by atoms with Crippen LogP contribution < -0.4 is 0 Å². The Hall–Kier alpha value is -2.47. The second kappa shape index (κ2) is 7.61. The second-order valence-corrected chi connectivity index (χ2v) is 6.12. The third kappa shape index (κ3) is 3.64. The molecule has 2 aromatic rings. The van der Waals surface area contributed by atoms with Crippen LogP contribution in [0.2, 0.25) is 0 Å². The quantitative estimate of drug-likeness (QED) is 0.817. The number of likely N-dealkylation sites (tertiary alicyclic amines) is 1. The van der Waals surface area contributed by atoms with E-state index >= 15 is 0 Å². The number of ether oxygens (including phenoxy) is 1. The Morgan fingerprint density at radius 3 is 3.12 bits per heavy atom. The SMILES string of the molecule is C=CCO[C@@H](C)C(=O)N1CCC[C@H]1c1ncc(-c2ccccc2F)[nH]1. The second-order valence-electron chi connectivity index (χ2n) is 6.12. The molecule has 2 heterocycles. The van der Waals surface area contributed by atoms with E-state index in [1.807, 2.05) is 0 Å². The molecule has 25 heavy (non-hydrogen) atoms.